The van der Waals surface area contributed by atoms with Crippen LogP contribution < -0.4 is 4.74 Å². The lowest BCUT2D eigenvalue weighted by Crippen LogP contribution is -2.13. The van der Waals surface area contributed by atoms with Crippen LogP contribution in [-0.4, -0.2) is 22.7 Å². The first-order valence-electron chi connectivity index (χ1n) is 5.31. The summed E-state index contributed by atoms with van der Waals surface area (Å²) in [4.78, 5) is 15.0. The van der Waals surface area contributed by atoms with E-state index in [9.17, 15) is 4.79 Å². The third kappa shape index (κ3) is 4.73. The molecule has 1 aromatic rings. The van der Waals surface area contributed by atoms with Gasteiger partial charge in [0, 0.05) is 10.7 Å². The summed E-state index contributed by atoms with van der Waals surface area (Å²) in [5, 5.41) is 9.01. The monoisotopic (exact) mass is 301 g/mol. The van der Waals surface area contributed by atoms with E-state index < -0.39 is 5.97 Å². The molecular formula is C12H16BrNO3. The molecule has 0 aliphatic rings. The van der Waals surface area contributed by atoms with Gasteiger partial charge in [0.1, 0.15) is 5.56 Å². The van der Waals surface area contributed by atoms with Crippen molar-refractivity contribution >= 4 is 21.9 Å². The van der Waals surface area contributed by atoms with Gasteiger partial charge < -0.3 is 9.84 Å². The maximum atomic E-state index is 11.0. The number of carbonyl (C=O) groups is 1. The molecule has 5 heteroatoms. The van der Waals surface area contributed by atoms with Gasteiger partial charge in [-0.15, -0.1) is 0 Å². The minimum absolute atomic E-state index is 0.0771. The number of ether oxygens (including phenoxy) is 1. The van der Waals surface area contributed by atoms with Crippen molar-refractivity contribution in [3.05, 3.63) is 22.3 Å². The van der Waals surface area contributed by atoms with E-state index in [1.165, 1.54) is 12.3 Å². The molecule has 0 bridgehead atoms. The third-order valence-electron chi connectivity index (χ3n) is 2.14. The quantitative estimate of drug-likeness (QED) is 0.926. The molecule has 4 nitrogen and oxygen atoms in total. The zero-order valence-corrected chi connectivity index (χ0v) is 11.7. The van der Waals surface area contributed by atoms with Gasteiger partial charge in [-0.3, -0.25) is 0 Å². The lowest BCUT2D eigenvalue weighted by Gasteiger charge is -2.18. The number of aromatic carboxylic acids is 1. The van der Waals surface area contributed by atoms with Crippen molar-refractivity contribution in [3.63, 3.8) is 0 Å². The molecule has 0 saturated heterocycles. The molecule has 0 spiro atoms. The van der Waals surface area contributed by atoms with E-state index in [0.717, 1.165) is 6.42 Å². The van der Waals surface area contributed by atoms with Crippen molar-refractivity contribution in [2.45, 2.75) is 27.2 Å². The molecule has 17 heavy (non-hydrogen) atoms. The average molecular weight is 302 g/mol. The number of hydrogen-bond acceptors (Lipinski definition) is 3. The summed E-state index contributed by atoms with van der Waals surface area (Å²) in [6, 6.07) is 1.49. The summed E-state index contributed by atoms with van der Waals surface area (Å²) in [6.45, 7) is 6.76. The molecular weight excluding hydrogens is 286 g/mol. The molecule has 0 atom stereocenters. The van der Waals surface area contributed by atoms with Gasteiger partial charge in [-0.25, -0.2) is 9.78 Å². The Labute approximate surface area is 109 Å². The number of pyridine rings is 1. The Morgan fingerprint density at radius 2 is 2.18 bits per heavy atom. The molecule has 0 radical (unpaired) electrons. The van der Waals surface area contributed by atoms with Gasteiger partial charge in [0.15, 0.2) is 0 Å². The third-order valence-corrected chi connectivity index (χ3v) is 2.57. The van der Waals surface area contributed by atoms with Crippen LogP contribution in [0.1, 0.15) is 37.6 Å². The van der Waals surface area contributed by atoms with Gasteiger partial charge in [0.05, 0.1) is 6.61 Å². The van der Waals surface area contributed by atoms with E-state index >= 15 is 0 Å². The molecule has 1 N–H and O–H groups in total. The Balaban J connectivity index is 2.74. The predicted molar refractivity (Wildman–Crippen MR) is 68.5 cm³/mol. The zero-order valence-electron chi connectivity index (χ0n) is 10.2. The number of halogens is 1. The lowest BCUT2D eigenvalue weighted by atomic mass is 9.93. The Hall–Kier alpha value is -1.10. The highest BCUT2D eigenvalue weighted by atomic mass is 79.9. The lowest BCUT2D eigenvalue weighted by molar-refractivity contribution is 0.0690. The molecule has 94 valence electrons. The SMILES string of the molecule is CC(C)(C)CCOc1ncc(Br)cc1C(=O)O. The number of carboxylic acid groups (broad SMARTS) is 1. The van der Waals surface area contributed by atoms with Crippen LogP contribution in [0.15, 0.2) is 16.7 Å². The summed E-state index contributed by atoms with van der Waals surface area (Å²) in [5.74, 6) is -0.866. The summed E-state index contributed by atoms with van der Waals surface area (Å²) in [6.07, 6.45) is 2.36. The van der Waals surface area contributed by atoms with Crippen molar-refractivity contribution in [2.75, 3.05) is 6.61 Å². The highest BCUT2D eigenvalue weighted by Gasteiger charge is 2.15. The van der Waals surface area contributed by atoms with Crippen molar-refractivity contribution in [2.24, 2.45) is 5.41 Å². The van der Waals surface area contributed by atoms with E-state index in [1.807, 2.05) is 0 Å². The second kappa shape index (κ2) is 5.49. The zero-order chi connectivity index (χ0) is 13.1. The second-order valence-corrected chi connectivity index (χ2v) is 5.89. The predicted octanol–water partition coefficient (Wildman–Crippen LogP) is 3.36. The van der Waals surface area contributed by atoms with Crippen LogP contribution in [0.2, 0.25) is 0 Å². The minimum Gasteiger partial charge on any atom is -0.477 e. The second-order valence-electron chi connectivity index (χ2n) is 4.97. The van der Waals surface area contributed by atoms with Crippen molar-refractivity contribution in [3.8, 4) is 5.88 Å². The highest BCUT2D eigenvalue weighted by molar-refractivity contribution is 9.10. The summed E-state index contributed by atoms with van der Waals surface area (Å²) in [7, 11) is 0. The van der Waals surface area contributed by atoms with Gasteiger partial charge in [0.25, 0.3) is 0 Å². The standard InChI is InChI=1S/C12H16BrNO3/c1-12(2,3)4-5-17-10-9(11(15)16)6-8(13)7-14-10/h6-7H,4-5H2,1-3H3,(H,15,16). The molecule has 1 rings (SSSR count). The van der Waals surface area contributed by atoms with Gasteiger partial charge in [-0.2, -0.15) is 0 Å². The average Bonchev–Trinajstić information content (AvgIpc) is 2.18. The Morgan fingerprint density at radius 1 is 1.53 bits per heavy atom. The van der Waals surface area contributed by atoms with Gasteiger partial charge in [-0.05, 0) is 33.8 Å². The first kappa shape index (κ1) is 14.0. The fraction of sp³-hybridized carbons (Fsp3) is 0.500. The van der Waals surface area contributed by atoms with Crippen LogP contribution in [0.3, 0.4) is 0 Å². The smallest absolute Gasteiger partial charge is 0.341 e. The van der Waals surface area contributed by atoms with E-state index in [4.69, 9.17) is 9.84 Å². The normalized spacial score (nSPS) is 11.3. The molecule has 1 heterocycles. The molecule has 0 unspecified atom stereocenters. The molecule has 0 fully saturated rings. The Kier molecular flexibility index (Phi) is 4.51. The molecule has 0 aromatic carbocycles. The fourth-order valence-electron chi connectivity index (χ4n) is 1.15. The Bertz CT molecular complexity index is 413. The van der Waals surface area contributed by atoms with E-state index in [2.05, 4.69) is 41.7 Å². The fourth-order valence-corrected chi connectivity index (χ4v) is 1.48. The van der Waals surface area contributed by atoms with Gasteiger partial charge >= 0.3 is 5.97 Å². The summed E-state index contributed by atoms with van der Waals surface area (Å²) in [5.41, 5.74) is 0.229. The van der Waals surface area contributed by atoms with Crippen molar-refractivity contribution in [1.29, 1.82) is 0 Å². The van der Waals surface area contributed by atoms with Crippen LogP contribution in [0.4, 0.5) is 0 Å². The first-order chi connectivity index (χ1) is 7.79. The summed E-state index contributed by atoms with van der Waals surface area (Å²) >= 11 is 3.18. The van der Waals surface area contributed by atoms with Crippen LogP contribution >= 0.6 is 15.9 Å². The van der Waals surface area contributed by atoms with Crippen LogP contribution in [0, 0.1) is 5.41 Å². The summed E-state index contributed by atoms with van der Waals surface area (Å²) < 4.78 is 6.04. The number of nitrogens with zero attached hydrogens (tertiary/aromatic N) is 1. The molecule has 0 saturated carbocycles. The van der Waals surface area contributed by atoms with Crippen LogP contribution in [0.5, 0.6) is 5.88 Å². The van der Waals surface area contributed by atoms with Crippen LogP contribution in [0.25, 0.3) is 0 Å². The molecule has 0 aliphatic carbocycles. The van der Waals surface area contributed by atoms with Crippen LogP contribution in [-0.2, 0) is 0 Å². The largest absolute Gasteiger partial charge is 0.477 e. The van der Waals surface area contributed by atoms with E-state index in [-0.39, 0.29) is 16.9 Å². The number of rotatable bonds is 4. The van der Waals surface area contributed by atoms with Gasteiger partial charge in [-0.1, -0.05) is 20.8 Å². The highest BCUT2D eigenvalue weighted by Crippen LogP contribution is 2.22. The first-order valence-corrected chi connectivity index (χ1v) is 6.10. The number of carboxylic acids is 1. The van der Waals surface area contributed by atoms with E-state index in [1.54, 1.807) is 0 Å². The topological polar surface area (TPSA) is 59.4 Å². The molecule has 0 amide bonds. The van der Waals surface area contributed by atoms with Crippen molar-refractivity contribution in [1.82, 2.24) is 4.98 Å². The maximum absolute atomic E-state index is 11.0. The van der Waals surface area contributed by atoms with E-state index in [0.29, 0.717) is 11.1 Å². The molecule has 0 aliphatic heterocycles. The van der Waals surface area contributed by atoms with Crippen molar-refractivity contribution < 1.29 is 14.6 Å². The van der Waals surface area contributed by atoms with Gasteiger partial charge in [0.2, 0.25) is 5.88 Å². The molecule has 1 aromatic heterocycles. The maximum Gasteiger partial charge on any atom is 0.341 e. The number of aromatic nitrogens is 1. The minimum atomic E-state index is -1.04. The number of hydrogen-bond donors (Lipinski definition) is 1. The Morgan fingerprint density at radius 3 is 2.71 bits per heavy atom.